The van der Waals surface area contributed by atoms with Gasteiger partial charge in [0, 0.05) is 11.9 Å². The number of aromatic nitrogens is 2. The Kier molecular flexibility index (Phi) is 3.44. The molecule has 1 aromatic rings. The number of carboxylic acids is 1. The molecule has 1 aromatic heterocycles. The SMILES string of the molecule is O=C(O)C1CCc2nc(C3COCCO3)ncc2C1. The highest BCUT2D eigenvalue weighted by molar-refractivity contribution is 5.70. The van der Waals surface area contributed by atoms with E-state index in [0.29, 0.717) is 44.9 Å². The summed E-state index contributed by atoms with van der Waals surface area (Å²) in [5.41, 5.74) is 1.90. The van der Waals surface area contributed by atoms with Gasteiger partial charge in [-0.2, -0.15) is 0 Å². The lowest BCUT2D eigenvalue weighted by Gasteiger charge is -2.24. The van der Waals surface area contributed by atoms with Crippen LogP contribution in [0.5, 0.6) is 0 Å². The first-order valence-corrected chi connectivity index (χ1v) is 6.51. The molecule has 2 unspecified atom stereocenters. The van der Waals surface area contributed by atoms with Gasteiger partial charge in [0.25, 0.3) is 0 Å². The number of nitrogens with zero attached hydrogens (tertiary/aromatic N) is 2. The van der Waals surface area contributed by atoms with E-state index in [1.165, 1.54) is 0 Å². The molecule has 0 saturated carbocycles. The van der Waals surface area contributed by atoms with E-state index in [-0.39, 0.29) is 12.0 Å². The van der Waals surface area contributed by atoms with Gasteiger partial charge in [-0.15, -0.1) is 0 Å². The Labute approximate surface area is 110 Å². The summed E-state index contributed by atoms with van der Waals surface area (Å²) in [6, 6.07) is 0. The molecule has 0 spiro atoms. The van der Waals surface area contributed by atoms with Crippen molar-refractivity contribution in [1.82, 2.24) is 9.97 Å². The van der Waals surface area contributed by atoms with Gasteiger partial charge < -0.3 is 14.6 Å². The maximum absolute atomic E-state index is 11.0. The van der Waals surface area contributed by atoms with Crippen LogP contribution < -0.4 is 0 Å². The lowest BCUT2D eigenvalue weighted by Crippen LogP contribution is -2.26. The second-order valence-corrected chi connectivity index (χ2v) is 4.91. The van der Waals surface area contributed by atoms with Crippen molar-refractivity contribution in [1.29, 1.82) is 0 Å². The van der Waals surface area contributed by atoms with Crippen LogP contribution in [-0.4, -0.2) is 40.9 Å². The molecule has 1 saturated heterocycles. The number of aryl methyl sites for hydroxylation is 1. The minimum atomic E-state index is -0.737. The predicted octanol–water partition coefficient (Wildman–Crippen LogP) is 0.754. The van der Waals surface area contributed by atoms with Crippen LogP contribution in [0, 0.1) is 5.92 Å². The third-order valence-electron chi connectivity index (χ3n) is 3.62. The van der Waals surface area contributed by atoms with Gasteiger partial charge in [0.2, 0.25) is 0 Å². The van der Waals surface area contributed by atoms with E-state index in [1.54, 1.807) is 6.20 Å². The van der Waals surface area contributed by atoms with Crippen LogP contribution in [-0.2, 0) is 27.1 Å². The molecular weight excluding hydrogens is 248 g/mol. The van der Waals surface area contributed by atoms with Gasteiger partial charge in [0.1, 0.15) is 6.10 Å². The van der Waals surface area contributed by atoms with Crippen LogP contribution in [0.1, 0.15) is 29.6 Å². The summed E-state index contributed by atoms with van der Waals surface area (Å²) in [6.07, 6.45) is 3.39. The van der Waals surface area contributed by atoms with Gasteiger partial charge in [-0.3, -0.25) is 4.79 Å². The first kappa shape index (κ1) is 12.5. The fourth-order valence-electron chi connectivity index (χ4n) is 2.53. The normalized spacial score (nSPS) is 26.7. The number of hydrogen-bond donors (Lipinski definition) is 1. The third-order valence-corrected chi connectivity index (χ3v) is 3.62. The van der Waals surface area contributed by atoms with Crippen LogP contribution in [0.15, 0.2) is 6.20 Å². The van der Waals surface area contributed by atoms with Gasteiger partial charge in [0.05, 0.1) is 25.7 Å². The van der Waals surface area contributed by atoms with Crippen LogP contribution in [0.25, 0.3) is 0 Å². The number of aliphatic carboxylic acids is 1. The van der Waals surface area contributed by atoms with Crippen molar-refractivity contribution in [2.45, 2.75) is 25.4 Å². The Morgan fingerprint density at radius 2 is 2.32 bits per heavy atom. The number of fused-ring (bicyclic) bond motifs is 1. The summed E-state index contributed by atoms with van der Waals surface area (Å²) in [5.74, 6) is -0.401. The summed E-state index contributed by atoms with van der Waals surface area (Å²) >= 11 is 0. The monoisotopic (exact) mass is 264 g/mol. The first-order valence-electron chi connectivity index (χ1n) is 6.51. The third kappa shape index (κ3) is 2.59. The zero-order valence-corrected chi connectivity index (χ0v) is 10.5. The standard InChI is InChI=1S/C13H16N2O4/c16-13(17)8-1-2-10-9(5-8)6-14-12(15-10)11-7-18-3-4-19-11/h6,8,11H,1-5,7H2,(H,16,17). The molecule has 1 fully saturated rings. The molecule has 0 aromatic carbocycles. The molecule has 2 atom stereocenters. The van der Waals surface area contributed by atoms with E-state index in [0.717, 1.165) is 11.3 Å². The average Bonchev–Trinajstić information content (AvgIpc) is 2.47. The van der Waals surface area contributed by atoms with E-state index in [9.17, 15) is 4.79 Å². The highest BCUT2D eigenvalue weighted by atomic mass is 16.6. The molecule has 19 heavy (non-hydrogen) atoms. The lowest BCUT2D eigenvalue weighted by atomic mass is 9.87. The summed E-state index contributed by atoms with van der Waals surface area (Å²) in [7, 11) is 0. The number of rotatable bonds is 2. The molecule has 3 rings (SSSR count). The molecule has 1 N–H and O–H groups in total. The van der Waals surface area contributed by atoms with Crippen molar-refractivity contribution >= 4 is 5.97 Å². The largest absolute Gasteiger partial charge is 0.481 e. The molecule has 1 aliphatic carbocycles. The van der Waals surface area contributed by atoms with Crippen molar-refractivity contribution in [3.63, 3.8) is 0 Å². The van der Waals surface area contributed by atoms with Crippen molar-refractivity contribution in [3.05, 3.63) is 23.3 Å². The highest BCUT2D eigenvalue weighted by Gasteiger charge is 2.27. The first-order chi connectivity index (χ1) is 9.24. The van der Waals surface area contributed by atoms with E-state index in [4.69, 9.17) is 14.6 Å². The quantitative estimate of drug-likeness (QED) is 0.849. The van der Waals surface area contributed by atoms with Crippen molar-refractivity contribution in [2.75, 3.05) is 19.8 Å². The molecule has 2 aliphatic rings. The van der Waals surface area contributed by atoms with Gasteiger partial charge in [-0.25, -0.2) is 9.97 Å². The Hall–Kier alpha value is -1.53. The maximum atomic E-state index is 11.0. The van der Waals surface area contributed by atoms with E-state index in [1.807, 2.05) is 0 Å². The highest BCUT2D eigenvalue weighted by Crippen LogP contribution is 2.26. The van der Waals surface area contributed by atoms with Crippen LogP contribution in [0.4, 0.5) is 0 Å². The average molecular weight is 264 g/mol. The molecule has 2 heterocycles. The van der Waals surface area contributed by atoms with Crippen molar-refractivity contribution in [3.8, 4) is 0 Å². The molecule has 6 heteroatoms. The smallest absolute Gasteiger partial charge is 0.306 e. The topological polar surface area (TPSA) is 81.5 Å². The Morgan fingerprint density at radius 3 is 3.05 bits per heavy atom. The molecule has 102 valence electrons. The van der Waals surface area contributed by atoms with Gasteiger partial charge in [-0.1, -0.05) is 0 Å². The zero-order chi connectivity index (χ0) is 13.2. The Balaban J connectivity index is 1.79. The Morgan fingerprint density at radius 1 is 1.42 bits per heavy atom. The number of ether oxygens (including phenoxy) is 2. The molecule has 0 amide bonds. The second kappa shape index (κ2) is 5.22. The number of carboxylic acid groups (broad SMARTS) is 1. The van der Waals surface area contributed by atoms with E-state index < -0.39 is 5.97 Å². The zero-order valence-electron chi connectivity index (χ0n) is 10.5. The van der Waals surface area contributed by atoms with Gasteiger partial charge in [-0.05, 0) is 24.8 Å². The van der Waals surface area contributed by atoms with Crippen LogP contribution in [0.3, 0.4) is 0 Å². The fourth-order valence-corrected chi connectivity index (χ4v) is 2.53. The predicted molar refractivity (Wildman–Crippen MR) is 64.7 cm³/mol. The van der Waals surface area contributed by atoms with E-state index >= 15 is 0 Å². The minimum Gasteiger partial charge on any atom is -0.481 e. The van der Waals surface area contributed by atoms with Crippen molar-refractivity contribution < 1.29 is 19.4 Å². The Bertz CT molecular complexity index is 486. The minimum absolute atomic E-state index is 0.198. The molecule has 0 bridgehead atoms. The van der Waals surface area contributed by atoms with Crippen molar-refractivity contribution in [2.24, 2.45) is 5.92 Å². The van der Waals surface area contributed by atoms with E-state index in [2.05, 4.69) is 9.97 Å². The lowest BCUT2D eigenvalue weighted by molar-refractivity contribution is -0.142. The number of hydrogen-bond acceptors (Lipinski definition) is 5. The maximum Gasteiger partial charge on any atom is 0.306 e. The van der Waals surface area contributed by atoms with Gasteiger partial charge >= 0.3 is 5.97 Å². The molecule has 6 nitrogen and oxygen atoms in total. The molecular formula is C13H16N2O4. The molecule has 0 radical (unpaired) electrons. The fraction of sp³-hybridized carbons (Fsp3) is 0.615. The summed E-state index contributed by atoms with van der Waals surface area (Å²) in [4.78, 5) is 19.8. The summed E-state index contributed by atoms with van der Waals surface area (Å²) in [6.45, 7) is 1.66. The summed E-state index contributed by atoms with van der Waals surface area (Å²) in [5, 5.41) is 9.04. The molecule has 1 aliphatic heterocycles. The van der Waals surface area contributed by atoms with Crippen LogP contribution >= 0.6 is 0 Å². The summed E-state index contributed by atoms with van der Waals surface area (Å²) < 4.78 is 10.9. The van der Waals surface area contributed by atoms with Crippen LogP contribution in [0.2, 0.25) is 0 Å². The number of carbonyl (C=O) groups is 1. The second-order valence-electron chi connectivity index (χ2n) is 4.91. The van der Waals surface area contributed by atoms with Gasteiger partial charge in [0.15, 0.2) is 5.82 Å².